The molecule has 1 aliphatic heterocycles. The van der Waals surface area contributed by atoms with Gasteiger partial charge in [-0.2, -0.15) is 0 Å². The van der Waals surface area contributed by atoms with Crippen LogP contribution in [0.25, 0.3) is 0 Å². The van der Waals surface area contributed by atoms with Gasteiger partial charge in [-0.05, 0) is 49.7 Å². The maximum atomic E-state index is 5.52. The fourth-order valence-corrected chi connectivity index (χ4v) is 3.71. The maximum Gasteiger partial charge on any atom is 0.191 e. The first-order chi connectivity index (χ1) is 15.1. The molecule has 0 radical (unpaired) electrons. The number of halogens is 1. The number of likely N-dealkylation sites (N-methyl/N-ethyl adjacent to an activating group) is 1. The largest absolute Gasteiger partial charge is 0.496 e. The van der Waals surface area contributed by atoms with Crippen molar-refractivity contribution in [1.29, 1.82) is 0 Å². The maximum absolute atomic E-state index is 5.52. The van der Waals surface area contributed by atoms with E-state index in [9.17, 15) is 0 Å². The summed E-state index contributed by atoms with van der Waals surface area (Å²) in [4.78, 5) is 14.2. The average molecular weight is 553 g/mol. The molecule has 32 heavy (non-hydrogen) atoms. The lowest BCUT2D eigenvalue weighted by molar-refractivity contribution is 0.270. The van der Waals surface area contributed by atoms with Gasteiger partial charge in [-0.15, -0.1) is 24.0 Å². The number of aromatic nitrogens is 1. The normalized spacial score (nSPS) is 14.6. The number of rotatable bonds is 8. The molecule has 1 aliphatic rings. The molecule has 1 aromatic heterocycles. The zero-order valence-electron chi connectivity index (χ0n) is 19.7. The van der Waals surface area contributed by atoms with Gasteiger partial charge in [-0.25, -0.2) is 9.98 Å². The number of hydrogen-bond acceptors (Lipinski definition) is 5. The number of pyridine rings is 1. The third-order valence-corrected chi connectivity index (χ3v) is 5.61. The van der Waals surface area contributed by atoms with E-state index in [0.717, 1.165) is 67.9 Å². The minimum Gasteiger partial charge on any atom is -0.496 e. The van der Waals surface area contributed by atoms with Gasteiger partial charge in [0.25, 0.3) is 0 Å². The second-order valence-corrected chi connectivity index (χ2v) is 7.81. The number of anilines is 1. The van der Waals surface area contributed by atoms with Crippen molar-refractivity contribution in [1.82, 2.24) is 20.5 Å². The van der Waals surface area contributed by atoms with Crippen LogP contribution in [-0.2, 0) is 13.1 Å². The topological polar surface area (TPSA) is 65.0 Å². The molecule has 7 nitrogen and oxygen atoms in total. The van der Waals surface area contributed by atoms with E-state index >= 15 is 0 Å². The SMILES string of the molecule is CCNC(=NCc1ccnc(N2CCN(CC)CC2)c1)NCc1ccc(C)cc1OC.I. The number of nitrogens with one attached hydrogen (secondary N) is 2. The van der Waals surface area contributed by atoms with Crippen LogP contribution >= 0.6 is 24.0 Å². The zero-order valence-corrected chi connectivity index (χ0v) is 22.1. The molecular weight excluding hydrogens is 515 g/mol. The second-order valence-electron chi connectivity index (χ2n) is 7.81. The van der Waals surface area contributed by atoms with Crippen molar-refractivity contribution in [2.45, 2.75) is 33.9 Å². The summed E-state index contributed by atoms with van der Waals surface area (Å²) in [6.07, 6.45) is 1.89. The Morgan fingerprint density at radius 2 is 1.88 bits per heavy atom. The van der Waals surface area contributed by atoms with E-state index in [0.29, 0.717) is 13.1 Å². The number of hydrogen-bond donors (Lipinski definition) is 2. The molecule has 1 fully saturated rings. The summed E-state index contributed by atoms with van der Waals surface area (Å²) in [7, 11) is 1.71. The standard InChI is InChI=1S/C24H36N6O.HI/c1-5-25-24(28-18-21-8-7-19(3)15-22(21)31-4)27-17-20-9-10-26-23(16-20)30-13-11-29(6-2)12-14-30;/h7-10,15-16H,5-6,11-14,17-18H2,1-4H3,(H2,25,27,28);1H. The Morgan fingerprint density at radius 1 is 1.09 bits per heavy atom. The number of guanidine groups is 1. The Balaban J connectivity index is 0.00000363. The molecule has 176 valence electrons. The summed E-state index contributed by atoms with van der Waals surface area (Å²) < 4.78 is 5.52. The summed E-state index contributed by atoms with van der Waals surface area (Å²) in [6, 6.07) is 10.5. The molecule has 0 aliphatic carbocycles. The number of aliphatic imine (C=N–C) groups is 1. The molecule has 0 saturated carbocycles. The Morgan fingerprint density at radius 3 is 2.56 bits per heavy atom. The molecule has 2 heterocycles. The van der Waals surface area contributed by atoms with Crippen molar-refractivity contribution < 1.29 is 4.74 Å². The van der Waals surface area contributed by atoms with Gasteiger partial charge in [-0.1, -0.05) is 19.1 Å². The van der Waals surface area contributed by atoms with Gasteiger partial charge in [0.1, 0.15) is 11.6 Å². The molecule has 0 spiro atoms. The molecule has 0 amide bonds. The van der Waals surface area contributed by atoms with Crippen LogP contribution in [0.2, 0.25) is 0 Å². The first-order valence-corrected chi connectivity index (χ1v) is 11.2. The third kappa shape index (κ3) is 7.51. The Bertz CT molecular complexity index is 867. The molecular formula is C24H37IN6O. The monoisotopic (exact) mass is 552 g/mol. The van der Waals surface area contributed by atoms with Crippen LogP contribution in [0.5, 0.6) is 5.75 Å². The molecule has 0 unspecified atom stereocenters. The van der Waals surface area contributed by atoms with Gasteiger partial charge in [0, 0.05) is 51.0 Å². The second kappa shape index (κ2) is 13.5. The van der Waals surface area contributed by atoms with E-state index in [1.807, 2.05) is 12.3 Å². The summed E-state index contributed by atoms with van der Waals surface area (Å²) in [5.41, 5.74) is 3.45. The summed E-state index contributed by atoms with van der Waals surface area (Å²) in [5.74, 6) is 2.73. The van der Waals surface area contributed by atoms with Gasteiger partial charge in [0.2, 0.25) is 0 Å². The van der Waals surface area contributed by atoms with Crippen LogP contribution in [-0.4, -0.2) is 62.2 Å². The number of aryl methyl sites for hydroxylation is 1. The van der Waals surface area contributed by atoms with E-state index < -0.39 is 0 Å². The smallest absolute Gasteiger partial charge is 0.191 e. The van der Waals surface area contributed by atoms with Crippen LogP contribution in [0.3, 0.4) is 0 Å². The van der Waals surface area contributed by atoms with Crippen LogP contribution in [0.15, 0.2) is 41.5 Å². The lowest BCUT2D eigenvalue weighted by Crippen LogP contribution is -2.46. The number of nitrogens with zero attached hydrogens (tertiary/aromatic N) is 4. The molecule has 0 bridgehead atoms. The third-order valence-electron chi connectivity index (χ3n) is 5.61. The molecule has 3 rings (SSSR count). The molecule has 2 N–H and O–H groups in total. The first kappa shape index (κ1) is 26.2. The number of piperazine rings is 1. The van der Waals surface area contributed by atoms with Gasteiger partial charge >= 0.3 is 0 Å². The highest BCUT2D eigenvalue weighted by Crippen LogP contribution is 2.19. The van der Waals surface area contributed by atoms with Crippen molar-refractivity contribution in [3.63, 3.8) is 0 Å². The van der Waals surface area contributed by atoms with Crippen molar-refractivity contribution in [3.05, 3.63) is 53.2 Å². The van der Waals surface area contributed by atoms with E-state index in [-0.39, 0.29) is 24.0 Å². The lowest BCUT2D eigenvalue weighted by atomic mass is 10.1. The Labute approximate surface area is 209 Å². The Kier molecular flexibility index (Phi) is 11.0. The first-order valence-electron chi connectivity index (χ1n) is 11.2. The molecule has 8 heteroatoms. The highest BCUT2D eigenvalue weighted by Gasteiger charge is 2.16. The van der Waals surface area contributed by atoms with Crippen molar-refractivity contribution in [2.24, 2.45) is 4.99 Å². The van der Waals surface area contributed by atoms with E-state index in [1.54, 1.807) is 7.11 Å². The highest BCUT2D eigenvalue weighted by molar-refractivity contribution is 14.0. The lowest BCUT2D eigenvalue weighted by Gasteiger charge is -2.34. The Hall–Kier alpha value is -2.07. The van der Waals surface area contributed by atoms with Crippen molar-refractivity contribution >= 4 is 35.8 Å². The molecule has 2 aromatic rings. The summed E-state index contributed by atoms with van der Waals surface area (Å²) in [6.45, 7) is 13.8. The highest BCUT2D eigenvalue weighted by atomic mass is 127. The van der Waals surface area contributed by atoms with Gasteiger partial charge in [0.15, 0.2) is 5.96 Å². The van der Waals surface area contributed by atoms with Crippen LogP contribution in [0.4, 0.5) is 5.82 Å². The van der Waals surface area contributed by atoms with Gasteiger partial charge in [0.05, 0.1) is 13.7 Å². The minimum absolute atomic E-state index is 0. The molecule has 0 atom stereocenters. The van der Waals surface area contributed by atoms with Crippen molar-refractivity contribution in [2.75, 3.05) is 51.3 Å². The minimum atomic E-state index is 0. The van der Waals surface area contributed by atoms with Crippen LogP contribution < -0.4 is 20.3 Å². The van der Waals surface area contributed by atoms with Crippen LogP contribution in [0, 0.1) is 6.92 Å². The van der Waals surface area contributed by atoms with Gasteiger partial charge < -0.3 is 25.2 Å². The van der Waals surface area contributed by atoms with Gasteiger partial charge in [-0.3, -0.25) is 0 Å². The summed E-state index contributed by atoms with van der Waals surface area (Å²) in [5, 5.41) is 6.75. The number of benzene rings is 1. The van der Waals surface area contributed by atoms with E-state index in [4.69, 9.17) is 9.73 Å². The fraction of sp³-hybridized carbons (Fsp3) is 0.500. The quantitative estimate of drug-likeness (QED) is 0.298. The number of methoxy groups -OCH3 is 1. The predicted octanol–water partition coefficient (Wildman–Crippen LogP) is 3.41. The zero-order chi connectivity index (χ0) is 22.1. The number of ether oxygens (including phenoxy) is 1. The fourth-order valence-electron chi connectivity index (χ4n) is 3.71. The summed E-state index contributed by atoms with van der Waals surface area (Å²) >= 11 is 0. The van der Waals surface area contributed by atoms with Crippen molar-refractivity contribution in [3.8, 4) is 5.75 Å². The van der Waals surface area contributed by atoms with Crippen LogP contribution in [0.1, 0.15) is 30.5 Å². The van der Waals surface area contributed by atoms with E-state index in [2.05, 4.69) is 70.5 Å². The molecule has 1 saturated heterocycles. The van der Waals surface area contributed by atoms with E-state index in [1.165, 1.54) is 5.56 Å². The average Bonchev–Trinajstić information content (AvgIpc) is 2.81. The molecule has 1 aromatic carbocycles. The predicted molar refractivity (Wildman–Crippen MR) is 143 cm³/mol.